The van der Waals surface area contributed by atoms with E-state index in [1.807, 2.05) is 20.8 Å². The third-order valence-electron chi connectivity index (χ3n) is 1.23. The smallest absolute Gasteiger partial charge is 0.142 e. The minimum absolute atomic E-state index is 0.153. The Balaban J connectivity index is 0.000000561. The molecule has 0 spiro atoms. The molecule has 0 amide bonds. The van der Waals surface area contributed by atoms with Gasteiger partial charge in [0.15, 0.2) is 0 Å². The predicted molar refractivity (Wildman–Crippen MR) is 55.2 cm³/mol. The van der Waals surface area contributed by atoms with Gasteiger partial charge in [-0.15, -0.1) is 0 Å². The number of aryl methyl sites for hydroxylation is 1. The van der Waals surface area contributed by atoms with Crippen LogP contribution in [0.25, 0.3) is 0 Å². The summed E-state index contributed by atoms with van der Waals surface area (Å²) in [5, 5.41) is 0.153. The normalized spacial score (nSPS) is 8.83. The quantitative estimate of drug-likeness (QED) is 0.594. The molecule has 1 rings (SSSR count). The van der Waals surface area contributed by atoms with E-state index in [9.17, 15) is 4.39 Å². The first-order valence-electron chi connectivity index (χ1n) is 3.73. The maximum absolute atomic E-state index is 12.6. The van der Waals surface area contributed by atoms with Crippen molar-refractivity contribution < 1.29 is 4.39 Å². The highest BCUT2D eigenvalue weighted by Gasteiger charge is 2.04. The number of hydrogen-bond donors (Lipinski definition) is 0. The first-order valence-corrected chi connectivity index (χ1v) is 4.90. The van der Waals surface area contributed by atoms with Gasteiger partial charge < -0.3 is 0 Å². The number of halogens is 3. The molecule has 0 saturated heterocycles. The maximum atomic E-state index is 12.6. The molecule has 0 saturated carbocycles. The molecule has 0 aliphatic heterocycles. The van der Waals surface area contributed by atoms with Crippen LogP contribution in [0, 0.1) is 12.7 Å². The van der Waals surface area contributed by atoms with E-state index in [-0.39, 0.29) is 10.8 Å². The van der Waals surface area contributed by atoms with Gasteiger partial charge in [-0.2, -0.15) is 0 Å². The SMILES string of the molecule is CC.Cc1ccc(F)c(Cl)c1Br. The van der Waals surface area contributed by atoms with Crippen molar-refractivity contribution >= 4 is 27.5 Å². The molecular weight excluding hydrogens is 242 g/mol. The first-order chi connectivity index (χ1) is 5.63. The second-order valence-corrected chi connectivity index (χ2v) is 3.16. The van der Waals surface area contributed by atoms with Crippen LogP contribution >= 0.6 is 27.5 Å². The Morgan fingerprint density at radius 3 is 2.25 bits per heavy atom. The van der Waals surface area contributed by atoms with E-state index in [1.165, 1.54) is 6.07 Å². The lowest BCUT2D eigenvalue weighted by Crippen LogP contribution is -1.81. The van der Waals surface area contributed by atoms with Gasteiger partial charge in [-0.25, -0.2) is 4.39 Å². The van der Waals surface area contributed by atoms with Crippen LogP contribution in [0.1, 0.15) is 19.4 Å². The second kappa shape index (κ2) is 5.55. The van der Waals surface area contributed by atoms with Gasteiger partial charge in [-0.05, 0) is 34.5 Å². The molecule has 0 fully saturated rings. The molecule has 0 heterocycles. The van der Waals surface area contributed by atoms with E-state index < -0.39 is 0 Å². The van der Waals surface area contributed by atoms with Gasteiger partial charge in [0.2, 0.25) is 0 Å². The van der Waals surface area contributed by atoms with Crippen LogP contribution in [-0.2, 0) is 0 Å². The molecule has 12 heavy (non-hydrogen) atoms. The molecule has 0 N–H and O–H groups in total. The van der Waals surface area contributed by atoms with E-state index in [0.29, 0.717) is 4.47 Å². The van der Waals surface area contributed by atoms with E-state index in [0.717, 1.165) is 5.56 Å². The Kier molecular flexibility index (Phi) is 5.51. The predicted octanol–water partition coefficient (Wildman–Crippen LogP) is 4.58. The van der Waals surface area contributed by atoms with Crippen molar-refractivity contribution in [1.29, 1.82) is 0 Å². The minimum atomic E-state index is -0.390. The molecule has 1 aromatic carbocycles. The molecule has 0 aliphatic carbocycles. The maximum Gasteiger partial charge on any atom is 0.142 e. The molecule has 68 valence electrons. The molecule has 0 bridgehead atoms. The number of hydrogen-bond acceptors (Lipinski definition) is 0. The van der Waals surface area contributed by atoms with Crippen molar-refractivity contribution in [2.75, 3.05) is 0 Å². The molecule has 1 aromatic rings. The number of rotatable bonds is 0. The monoisotopic (exact) mass is 252 g/mol. The summed E-state index contributed by atoms with van der Waals surface area (Å²) >= 11 is 8.72. The summed E-state index contributed by atoms with van der Waals surface area (Å²) in [6, 6.07) is 3.02. The summed E-state index contributed by atoms with van der Waals surface area (Å²) in [7, 11) is 0. The van der Waals surface area contributed by atoms with Crippen LogP contribution in [0.15, 0.2) is 16.6 Å². The van der Waals surface area contributed by atoms with Crippen LogP contribution in [-0.4, -0.2) is 0 Å². The molecular formula is C9H11BrClF. The lowest BCUT2D eigenvalue weighted by Gasteiger charge is -1.99. The standard InChI is InChI=1S/C7H5BrClF.C2H6/c1-4-2-3-5(10)7(9)6(4)8;1-2/h2-3H,1H3;1-2H3. The fourth-order valence-electron chi connectivity index (χ4n) is 0.622. The Morgan fingerprint density at radius 2 is 1.83 bits per heavy atom. The number of benzene rings is 1. The first kappa shape index (κ1) is 11.9. The van der Waals surface area contributed by atoms with Crippen LogP contribution in [0.5, 0.6) is 0 Å². The summed E-state index contributed by atoms with van der Waals surface area (Å²) in [6.07, 6.45) is 0. The van der Waals surface area contributed by atoms with Gasteiger partial charge in [-0.1, -0.05) is 31.5 Å². The third-order valence-corrected chi connectivity index (χ3v) is 2.85. The third kappa shape index (κ3) is 2.76. The van der Waals surface area contributed by atoms with Crippen LogP contribution in [0.2, 0.25) is 5.02 Å². The Hall–Kier alpha value is -0.0800. The molecule has 0 nitrogen and oxygen atoms in total. The highest BCUT2D eigenvalue weighted by Crippen LogP contribution is 2.27. The van der Waals surface area contributed by atoms with Gasteiger partial charge in [0, 0.05) is 4.47 Å². The van der Waals surface area contributed by atoms with Crippen LogP contribution in [0.4, 0.5) is 4.39 Å². The molecule has 0 aliphatic rings. The van der Waals surface area contributed by atoms with Crippen LogP contribution in [0.3, 0.4) is 0 Å². The highest BCUT2D eigenvalue weighted by molar-refractivity contribution is 9.10. The fraction of sp³-hybridized carbons (Fsp3) is 0.333. The Bertz CT molecular complexity index is 234. The summed E-state index contributed by atoms with van der Waals surface area (Å²) < 4.78 is 13.2. The molecule has 0 aromatic heterocycles. The fourth-order valence-corrected chi connectivity index (χ4v) is 1.16. The summed E-state index contributed by atoms with van der Waals surface area (Å²) in [5.41, 5.74) is 0.936. The van der Waals surface area contributed by atoms with Gasteiger partial charge in [0.05, 0.1) is 5.02 Å². The zero-order valence-corrected chi connectivity index (χ0v) is 9.63. The second-order valence-electron chi connectivity index (χ2n) is 1.99. The van der Waals surface area contributed by atoms with Crippen molar-refractivity contribution in [2.24, 2.45) is 0 Å². The van der Waals surface area contributed by atoms with Crippen molar-refractivity contribution in [3.05, 3.63) is 33.0 Å². The molecule has 0 radical (unpaired) electrons. The van der Waals surface area contributed by atoms with Crippen LogP contribution < -0.4 is 0 Å². The zero-order valence-electron chi connectivity index (χ0n) is 7.29. The lowest BCUT2D eigenvalue weighted by atomic mass is 10.2. The van der Waals surface area contributed by atoms with Gasteiger partial charge in [0.25, 0.3) is 0 Å². The summed E-state index contributed by atoms with van der Waals surface area (Å²) in [6.45, 7) is 5.86. The highest BCUT2D eigenvalue weighted by atomic mass is 79.9. The van der Waals surface area contributed by atoms with Crippen molar-refractivity contribution in [3.8, 4) is 0 Å². The topological polar surface area (TPSA) is 0 Å². The van der Waals surface area contributed by atoms with Gasteiger partial charge in [0.1, 0.15) is 5.82 Å². The van der Waals surface area contributed by atoms with E-state index in [2.05, 4.69) is 15.9 Å². The molecule has 0 unspecified atom stereocenters. The summed E-state index contributed by atoms with van der Waals surface area (Å²) in [4.78, 5) is 0. The zero-order chi connectivity index (χ0) is 9.72. The Morgan fingerprint density at radius 1 is 1.33 bits per heavy atom. The van der Waals surface area contributed by atoms with E-state index >= 15 is 0 Å². The lowest BCUT2D eigenvalue weighted by molar-refractivity contribution is 0.627. The summed E-state index contributed by atoms with van der Waals surface area (Å²) in [5.74, 6) is -0.390. The molecule has 3 heteroatoms. The minimum Gasteiger partial charge on any atom is -0.205 e. The average Bonchev–Trinajstić information content (AvgIpc) is 2.12. The Labute approximate surface area is 85.9 Å². The van der Waals surface area contributed by atoms with Gasteiger partial charge >= 0.3 is 0 Å². The van der Waals surface area contributed by atoms with Crippen molar-refractivity contribution in [2.45, 2.75) is 20.8 Å². The average molecular weight is 254 g/mol. The van der Waals surface area contributed by atoms with Gasteiger partial charge in [-0.3, -0.25) is 0 Å². The largest absolute Gasteiger partial charge is 0.205 e. The van der Waals surface area contributed by atoms with E-state index in [1.54, 1.807) is 6.07 Å². The van der Waals surface area contributed by atoms with Crippen molar-refractivity contribution in [3.63, 3.8) is 0 Å². The molecule has 0 atom stereocenters. The van der Waals surface area contributed by atoms with Crippen molar-refractivity contribution in [1.82, 2.24) is 0 Å². The van der Waals surface area contributed by atoms with E-state index in [4.69, 9.17) is 11.6 Å².